The van der Waals surface area contributed by atoms with Crippen LogP contribution in [0.5, 0.6) is 0 Å². The minimum absolute atomic E-state index is 0.0283. The Morgan fingerprint density at radius 3 is 1.95 bits per heavy atom. The molecule has 0 fully saturated rings. The molecule has 2 aromatic rings. The molecule has 114 valence electrons. The van der Waals surface area contributed by atoms with E-state index in [9.17, 15) is 0 Å². The Morgan fingerprint density at radius 1 is 0.952 bits per heavy atom. The Labute approximate surface area is 128 Å². The van der Waals surface area contributed by atoms with E-state index in [0.29, 0.717) is 6.54 Å². The second-order valence-corrected chi connectivity index (χ2v) is 7.68. The fraction of sp³-hybridized carbons (Fsp3) is 0.500. The molecule has 1 aromatic carbocycles. The average molecular weight is 285 g/mol. The highest BCUT2D eigenvalue weighted by atomic mass is 15.3. The van der Waals surface area contributed by atoms with Crippen molar-refractivity contribution in [2.45, 2.75) is 58.9 Å². The third-order valence-corrected chi connectivity index (χ3v) is 3.74. The Morgan fingerprint density at radius 2 is 1.52 bits per heavy atom. The van der Waals surface area contributed by atoms with Crippen LogP contribution in [0.25, 0.3) is 5.69 Å². The van der Waals surface area contributed by atoms with Crippen LogP contribution < -0.4 is 5.73 Å². The Hall–Kier alpha value is -1.61. The van der Waals surface area contributed by atoms with Gasteiger partial charge in [-0.05, 0) is 29.2 Å². The van der Waals surface area contributed by atoms with E-state index < -0.39 is 0 Å². The van der Waals surface area contributed by atoms with Gasteiger partial charge in [0.25, 0.3) is 0 Å². The van der Waals surface area contributed by atoms with E-state index in [1.54, 1.807) is 0 Å². The van der Waals surface area contributed by atoms with Crippen molar-refractivity contribution in [3.05, 3.63) is 47.3 Å². The highest BCUT2D eigenvalue weighted by Crippen LogP contribution is 2.26. The molecular formula is C18H27N3. The molecule has 2 N–H and O–H groups in total. The number of rotatable bonds is 2. The SMILES string of the molecule is CC(C)(C)c1ccc(-n2nc(C(C)(C)C)cc2CN)cc1. The van der Waals surface area contributed by atoms with Crippen molar-refractivity contribution in [2.24, 2.45) is 5.73 Å². The molecule has 21 heavy (non-hydrogen) atoms. The fourth-order valence-electron chi connectivity index (χ4n) is 2.26. The zero-order valence-electron chi connectivity index (χ0n) is 14.1. The third kappa shape index (κ3) is 3.35. The predicted octanol–water partition coefficient (Wildman–Crippen LogP) is 3.93. The number of hydrogen-bond acceptors (Lipinski definition) is 2. The topological polar surface area (TPSA) is 43.8 Å². The third-order valence-electron chi connectivity index (χ3n) is 3.74. The Balaban J connectivity index is 2.44. The van der Waals surface area contributed by atoms with Gasteiger partial charge in [0, 0.05) is 12.0 Å². The first-order chi connectivity index (χ1) is 9.63. The maximum atomic E-state index is 5.88. The first kappa shape index (κ1) is 15.8. The van der Waals surface area contributed by atoms with Crippen LogP contribution in [0.3, 0.4) is 0 Å². The predicted molar refractivity (Wildman–Crippen MR) is 88.9 cm³/mol. The van der Waals surface area contributed by atoms with E-state index >= 15 is 0 Å². The Bertz CT molecular complexity index is 607. The fourth-order valence-corrected chi connectivity index (χ4v) is 2.26. The van der Waals surface area contributed by atoms with Gasteiger partial charge in [0.2, 0.25) is 0 Å². The molecule has 1 aromatic heterocycles. The molecular weight excluding hydrogens is 258 g/mol. The van der Waals surface area contributed by atoms with Gasteiger partial charge in [0.05, 0.1) is 17.1 Å². The van der Waals surface area contributed by atoms with E-state index in [2.05, 4.69) is 71.9 Å². The molecule has 1 heterocycles. The van der Waals surface area contributed by atoms with Gasteiger partial charge >= 0.3 is 0 Å². The van der Waals surface area contributed by atoms with Gasteiger partial charge in [-0.2, -0.15) is 5.10 Å². The number of nitrogens with two attached hydrogens (primary N) is 1. The number of aromatic nitrogens is 2. The van der Waals surface area contributed by atoms with Crippen LogP contribution in [0.2, 0.25) is 0 Å². The highest BCUT2D eigenvalue weighted by Gasteiger charge is 2.20. The van der Waals surface area contributed by atoms with E-state index in [1.807, 2.05) is 4.68 Å². The molecule has 0 bridgehead atoms. The minimum Gasteiger partial charge on any atom is -0.325 e. The smallest absolute Gasteiger partial charge is 0.0685 e. The summed E-state index contributed by atoms with van der Waals surface area (Å²) in [7, 11) is 0. The first-order valence-corrected chi connectivity index (χ1v) is 7.53. The zero-order valence-corrected chi connectivity index (χ0v) is 14.1. The van der Waals surface area contributed by atoms with Gasteiger partial charge < -0.3 is 5.73 Å². The van der Waals surface area contributed by atoms with Crippen LogP contribution in [0, 0.1) is 0 Å². The quantitative estimate of drug-likeness (QED) is 0.908. The van der Waals surface area contributed by atoms with Crippen LogP contribution in [0.4, 0.5) is 0 Å². The maximum Gasteiger partial charge on any atom is 0.0685 e. The summed E-state index contributed by atoms with van der Waals surface area (Å²) < 4.78 is 1.97. The molecule has 0 radical (unpaired) electrons. The lowest BCUT2D eigenvalue weighted by atomic mass is 9.87. The van der Waals surface area contributed by atoms with Crippen molar-refractivity contribution in [3.8, 4) is 5.69 Å². The zero-order chi connectivity index (χ0) is 15.8. The van der Waals surface area contributed by atoms with Crippen LogP contribution >= 0.6 is 0 Å². The van der Waals surface area contributed by atoms with Crippen molar-refractivity contribution >= 4 is 0 Å². The molecule has 0 saturated carbocycles. The molecule has 0 spiro atoms. The summed E-state index contributed by atoms with van der Waals surface area (Å²) in [5.74, 6) is 0. The van der Waals surface area contributed by atoms with Crippen molar-refractivity contribution in [1.29, 1.82) is 0 Å². The van der Waals surface area contributed by atoms with Crippen molar-refractivity contribution in [2.75, 3.05) is 0 Å². The Kier molecular flexibility index (Phi) is 3.98. The summed E-state index contributed by atoms with van der Waals surface area (Å²) in [6.07, 6.45) is 0. The van der Waals surface area contributed by atoms with Gasteiger partial charge in [0.15, 0.2) is 0 Å². The monoisotopic (exact) mass is 285 g/mol. The van der Waals surface area contributed by atoms with Crippen LogP contribution in [0.15, 0.2) is 30.3 Å². The summed E-state index contributed by atoms with van der Waals surface area (Å²) in [4.78, 5) is 0. The summed E-state index contributed by atoms with van der Waals surface area (Å²) in [6, 6.07) is 10.7. The standard InChI is InChI=1S/C18H27N3/c1-17(2,3)13-7-9-14(10-8-13)21-15(12-19)11-16(20-21)18(4,5)6/h7-11H,12,19H2,1-6H3. The number of nitrogens with zero attached hydrogens (tertiary/aromatic N) is 2. The van der Waals surface area contributed by atoms with Crippen LogP contribution in [-0.2, 0) is 17.4 Å². The molecule has 0 aliphatic heterocycles. The highest BCUT2D eigenvalue weighted by molar-refractivity contribution is 5.38. The molecule has 0 atom stereocenters. The van der Waals surface area contributed by atoms with Crippen LogP contribution in [0.1, 0.15) is 58.5 Å². The van der Waals surface area contributed by atoms with Gasteiger partial charge in [-0.1, -0.05) is 53.7 Å². The van der Waals surface area contributed by atoms with Crippen molar-refractivity contribution in [1.82, 2.24) is 9.78 Å². The summed E-state index contributed by atoms with van der Waals surface area (Å²) in [6.45, 7) is 13.7. The number of benzene rings is 1. The lowest BCUT2D eigenvalue weighted by Gasteiger charge is -2.19. The molecule has 0 aliphatic rings. The lowest BCUT2D eigenvalue weighted by Crippen LogP contribution is -2.13. The summed E-state index contributed by atoms with van der Waals surface area (Å²) in [5, 5.41) is 4.75. The van der Waals surface area contributed by atoms with Gasteiger partial charge in [0.1, 0.15) is 0 Å². The molecule has 0 saturated heterocycles. The molecule has 3 heteroatoms. The van der Waals surface area contributed by atoms with E-state index in [4.69, 9.17) is 10.8 Å². The molecule has 2 rings (SSSR count). The van der Waals surface area contributed by atoms with Crippen LogP contribution in [-0.4, -0.2) is 9.78 Å². The van der Waals surface area contributed by atoms with Crippen molar-refractivity contribution in [3.63, 3.8) is 0 Å². The molecule has 0 unspecified atom stereocenters. The molecule has 0 aliphatic carbocycles. The average Bonchev–Trinajstić information content (AvgIpc) is 2.81. The van der Waals surface area contributed by atoms with E-state index in [1.165, 1.54) is 5.56 Å². The van der Waals surface area contributed by atoms with Gasteiger partial charge in [-0.15, -0.1) is 0 Å². The molecule has 0 amide bonds. The van der Waals surface area contributed by atoms with Gasteiger partial charge in [-0.3, -0.25) is 0 Å². The second-order valence-electron chi connectivity index (χ2n) is 7.68. The summed E-state index contributed by atoms with van der Waals surface area (Å²) >= 11 is 0. The van der Waals surface area contributed by atoms with Crippen molar-refractivity contribution < 1.29 is 0 Å². The first-order valence-electron chi connectivity index (χ1n) is 7.53. The largest absolute Gasteiger partial charge is 0.325 e. The van der Waals surface area contributed by atoms with Gasteiger partial charge in [-0.25, -0.2) is 4.68 Å². The van der Waals surface area contributed by atoms with E-state index in [0.717, 1.165) is 17.1 Å². The summed E-state index contributed by atoms with van der Waals surface area (Å²) in [5.41, 5.74) is 10.6. The lowest BCUT2D eigenvalue weighted by molar-refractivity contribution is 0.559. The minimum atomic E-state index is 0.0283. The second kappa shape index (κ2) is 5.30. The van der Waals surface area contributed by atoms with E-state index in [-0.39, 0.29) is 10.8 Å². The normalized spacial score (nSPS) is 12.7. The number of hydrogen-bond donors (Lipinski definition) is 1. The molecule has 3 nitrogen and oxygen atoms in total. The maximum absolute atomic E-state index is 5.88.